The van der Waals surface area contributed by atoms with Crippen molar-refractivity contribution in [3.8, 4) is 5.88 Å². The minimum Gasteiger partial charge on any atom is -0.481 e. The van der Waals surface area contributed by atoms with E-state index in [1.54, 1.807) is 19.4 Å². The molecule has 2 aromatic heterocycles. The van der Waals surface area contributed by atoms with Crippen molar-refractivity contribution in [3.63, 3.8) is 0 Å². The molecule has 3 aliphatic heterocycles. The molecule has 0 saturated carbocycles. The predicted octanol–water partition coefficient (Wildman–Crippen LogP) is 1.05. The Bertz CT molecular complexity index is 681. The molecule has 3 saturated heterocycles. The van der Waals surface area contributed by atoms with Gasteiger partial charge in [-0.1, -0.05) is 0 Å². The number of hydrogen-bond acceptors (Lipinski definition) is 7. The van der Waals surface area contributed by atoms with Gasteiger partial charge in [-0.25, -0.2) is 15.0 Å². The van der Waals surface area contributed by atoms with E-state index in [4.69, 9.17) is 4.74 Å². The number of aromatic nitrogens is 4. The summed E-state index contributed by atoms with van der Waals surface area (Å²) in [7, 11) is 1.63. The van der Waals surface area contributed by atoms with Crippen LogP contribution < -0.4 is 14.5 Å². The van der Waals surface area contributed by atoms with Crippen LogP contribution in [-0.2, 0) is 0 Å². The van der Waals surface area contributed by atoms with Crippen LogP contribution in [0.15, 0.2) is 24.5 Å². The zero-order valence-corrected chi connectivity index (χ0v) is 12.7. The van der Waals surface area contributed by atoms with Crippen molar-refractivity contribution < 1.29 is 4.74 Å². The molecule has 0 aromatic carbocycles. The van der Waals surface area contributed by atoms with Crippen LogP contribution >= 0.6 is 0 Å². The van der Waals surface area contributed by atoms with Gasteiger partial charge in [0.2, 0.25) is 11.8 Å². The third kappa shape index (κ3) is 2.13. The van der Waals surface area contributed by atoms with E-state index in [-0.39, 0.29) is 0 Å². The summed E-state index contributed by atoms with van der Waals surface area (Å²) in [6, 6.07) is 4.61. The summed E-state index contributed by atoms with van der Waals surface area (Å²) in [4.78, 5) is 22.2. The maximum Gasteiger partial charge on any atom is 0.229 e. The van der Waals surface area contributed by atoms with Crippen molar-refractivity contribution in [2.24, 2.45) is 0 Å². The van der Waals surface area contributed by atoms with Crippen LogP contribution in [0.3, 0.4) is 0 Å². The molecule has 7 nitrogen and oxygen atoms in total. The molecule has 0 amide bonds. The molecule has 5 rings (SSSR count). The van der Waals surface area contributed by atoms with Crippen molar-refractivity contribution in [1.29, 1.82) is 0 Å². The fourth-order valence-electron chi connectivity index (χ4n) is 3.31. The number of aryl methyl sites for hydroxylation is 1. The maximum absolute atomic E-state index is 5.19. The van der Waals surface area contributed by atoms with Gasteiger partial charge in [0.25, 0.3) is 0 Å². The lowest BCUT2D eigenvalue weighted by molar-refractivity contribution is 0.283. The van der Waals surface area contributed by atoms with Gasteiger partial charge >= 0.3 is 0 Å². The summed E-state index contributed by atoms with van der Waals surface area (Å²) in [6.45, 7) is 3.80. The highest BCUT2D eigenvalue weighted by Gasteiger charge is 2.46. The number of anilines is 2. The van der Waals surface area contributed by atoms with Crippen molar-refractivity contribution in [1.82, 2.24) is 19.9 Å². The number of rotatable bonds is 3. The number of ether oxygens (including phenoxy) is 1. The molecule has 2 unspecified atom stereocenters. The molecule has 0 aliphatic carbocycles. The highest BCUT2D eigenvalue weighted by atomic mass is 16.5. The lowest BCUT2D eigenvalue weighted by Gasteiger charge is -2.56. The summed E-state index contributed by atoms with van der Waals surface area (Å²) < 4.78 is 5.19. The van der Waals surface area contributed by atoms with E-state index in [9.17, 15) is 0 Å². The van der Waals surface area contributed by atoms with Crippen LogP contribution in [0, 0.1) is 6.92 Å². The van der Waals surface area contributed by atoms with E-state index in [1.165, 1.54) is 6.42 Å². The van der Waals surface area contributed by atoms with E-state index in [2.05, 4.69) is 29.7 Å². The van der Waals surface area contributed by atoms with Crippen LogP contribution in [0.2, 0.25) is 0 Å². The van der Waals surface area contributed by atoms with Gasteiger partial charge in [0.15, 0.2) is 0 Å². The molecule has 7 heteroatoms. The number of hydrogen-bond donors (Lipinski definition) is 0. The molecule has 2 aromatic rings. The van der Waals surface area contributed by atoms with Gasteiger partial charge in [0.05, 0.1) is 19.2 Å². The highest BCUT2D eigenvalue weighted by molar-refractivity contribution is 5.49. The summed E-state index contributed by atoms with van der Waals surface area (Å²) in [5, 5.41) is 0. The molecular formula is C15H18N6O. The van der Waals surface area contributed by atoms with Gasteiger partial charge in [-0.2, -0.15) is 4.98 Å². The van der Waals surface area contributed by atoms with Gasteiger partial charge < -0.3 is 14.5 Å². The summed E-state index contributed by atoms with van der Waals surface area (Å²) in [5.41, 5.74) is 0. The normalized spacial score (nSPS) is 23.2. The molecule has 3 fully saturated rings. The first kappa shape index (κ1) is 13.2. The van der Waals surface area contributed by atoms with Crippen LogP contribution in [0.5, 0.6) is 5.88 Å². The molecule has 22 heavy (non-hydrogen) atoms. The summed E-state index contributed by atoms with van der Waals surface area (Å²) in [6.07, 6.45) is 4.75. The van der Waals surface area contributed by atoms with Crippen LogP contribution in [0.1, 0.15) is 12.2 Å². The first-order chi connectivity index (χ1) is 10.7. The molecule has 5 heterocycles. The van der Waals surface area contributed by atoms with Crippen LogP contribution in [0.4, 0.5) is 11.8 Å². The smallest absolute Gasteiger partial charge is 0.229 e. The Kier molecular flexibility index (Phi) is 3.06. The van der Waals surface area contributed by atoms with Crippen LogP contribution in [0.25, 0.3) is 0 Å². The topological polar surface area (TPSA) is 67.3 Å². The van der Waals surface area contributed by atoms with E-state index >= 15 is 0 Å². The highest BCUT2D eigenvalue weighted by Crippen LogP contribution is 2.36. The van der Waals surface area contributed by atoms with Gasteiger partial charge in [-0.05, 0) is 19.4 Å². The number of methoxy groups -OCH3 is 1. The van der Waals surface area contributed by atoms with Crippen molar-refractivity contribution in [2.45, 2.75) is 25.4 Å². The van der Waals surface area contributed by atoms with E-state index in [1.807, 2.05) is 19.2 Å². The van der Waals surface area contributed by atoms with Crippen LogP contribution in [-0.4, -0.2) is 52.2 Å². The minimum absolute atomic E-state index is 0.432. The second-order valence-corrected chi connectivity index (χ2v) is 5.72. The van der Waals surface area contributed by atoms with E-state index in [0.29, 0.717) is 18.0 Å². The maximum atomic E-state index is 5.19. The Labute approximate surface area is 129 Å². The second-order valence-electron chi connectivity index (χ2n) is 5.72. The van der Waals surface area contributed by atoms with Gasteiger partial charge in [0.1, 0.15) is 11.6 Å². The second kappa shape index (κ2) is 5.08. The van der Waals surface area contributed by atoms with Gasteiger partial charge in [0, 0.05) is 31.5 Å². The predicted molar refractivity (Wildman–Crippen MR) is 82.2 cm³/mol. The van der Waals surface area contributed by atoms with Crippen molar-refractivity contribution >= 4 is 11.8 Å². The van der Waals surface area contributed by atoms with E-state index in [0.717, 1.165) is 30.7 Å². The molecular weight excluding hydrogens is 280 g/mol. The zero-order valence-electron chi connectivity index (χ0n) is 12.7. The fraction of sp³-hybridized carbons (Fsp3) is 0.467. The first-order valence-corrected chi connectivity index (χ1v) is 7.44. The standard InChI is InChI=1S/C15H18N6O/c1-10-16-5-3-13(18-10)20-8-11-7-12(9-20)21(11)15-17-6-4-14(19-15)22-2/h3-6,11-12H,7-9H2,1-2H3. The quantitative estimate of drug-likeness (QED) is 0.839. The molecule has 2 bridgehead atoms. The van der Waals surface area contributed by atoms with Crippen molar-refractivity contribution in [3.05, 3.63) is 30.4 Å². The summed E-state index contributed by atoms with van der Waals surface area (Å²) >= 11 is 0. The Morgan fingerprint density at radius 3 is 2.59 bits per heavy atom. The number of nitrogens with zero attached hydrogens (tertiary/aromatic N) is 6. The molecule has 3 aliphatic rings. The SMILES string of the molecule is COc1ccnc(N2C3CC2CN(c2ccnc(C)n2)C3)n1. The third-order valence-corrected chi connectivity index (χ3v) is 4.34. The minimum atomic E-state index is 0.432. The third-order valence-electron chi connectivity index (χ3n) is 4.34. The largest absolute Gasteiger partial charge is 0.481 e. The molecule has 2 atom stereocenters. The zero-order chi connectivity index (χ0) is 15.1. The number of piperidine rings is 1. The Morgan fingerprint density at radius 2 is 1.86 bits per heavy atom. The first-order valence-electron chi connectivity index (χ1n) is 7.44. The fourth-order valence-corrected chi connectivity index (χ4v) is 3.31. The molecule has 114 valence electrons. The number of piperazine rings is 1. The molecule has 0 radical (unpaired) electrons. The van der Waals surface area contributed by atoms with Gasteiger partial charge in [-0.15, -0.1) is 0 Å². The lowest BCUT2D eigenvalue weighted by Crippen LogP contribution is -2.69. The number of fused-ring (bicyclic) bond motifs is 2. The van der Waals surface area contributed by atoms with Gasteiger partial charge in [-0.3, -0.25) is 0 Å². The summed E-state index contributed by atoms with van der Waals surface area (Å²) in [5.74, 6) is 3.19. The Morgan fingerprint density at radius 1 is 1.09 bits per heavy atom. The van der Waals surface area contributed by atoms with E-state index < -0.39 is 0 Å². The average Bonchev–Trinajstić information content (AvgIpc) is 2.55. The van der Waals surface area contributed by atoms with Crippen molar-refractivity contribution in [2.75, 3.05) is 30.0 Å². The molecule has 0 spiro atoms. The monoisotopic (exact) mass is 298 g/mol. The lowest BCUT2D eigenvalue weighted by atomic mass is 9.88. The Balaban J connectivity index is 1.53. The Hall–Kier alpha value is -2.44. The average molecular weight is 298 g/mol. The molecule has 0 N–H and O–H groups in total.